The summed E-state index contributed by atoms with van der Waals surface area (Å²) in [5, 5.41) is 12.5. The fourth-order valence-electron chi connectivity index (χ4n) is 3.14. The average Bonchev–Trinajstić information content (AvgIpc) is 3.11. The van der Waals surface area contributed by atoms with E-state index in [1.165, 1.54) is 29.2 Å². The summed E-state index contributed by atoms with van der Waals surface area (Å²) in [6.45, 7) is 1.66. The summed E-state index contributed by atoms with van der Waals surface area (Å²) in [4.78, 5) is 47.4. The van der Waals surface area contributed by atoms with Crippen molar-refractivity contribution in [2.24, 2.45) is 11.7 Å². The molecule has 0 bridgehead atoms. The highest BCUT2D eigenvalue weighted by molar-refractivity contribution is 7.81. The Bertz CT molecular complexity index is 806. The van der Waals surface area contributed by atoms with E-state index in [2.05, 4.69) is 30.6 Å². The molecule has 2 unspecified atom stereocenters. The van der Waals surface area contributed by atoms with E-state index in [0.29, 0.717) is 18.5 Å². The molecule has 3 amide bonds. The fraction of sp³-hybridized carbons (Fsp3) is 0.500. The number of rotatable bonds is 8. The van der Waals surface area contributed by atoms with Crippen LogP contribution in [0.25, 0.3) is 0 Å². The van der Waals surface area contributed by atoms with Crippen LogP contribution in [0, 0.1) is 16.0 Å². The minimum atomic E-state index is -0.654. The van der Waals surface area contributed by atoms with Gasteiger partial charge < -0.3 is 20.7 Å². The van der Waals surface area contributed by atoms with Crippen molar-refractivity contribution in [1.29, 1.82) is 0 Å². The van der Waals surface area contributed by atoms with Crippen molar-refractivity contribution >= 4 is 48.9 Å². The first kappa shape index (κ1) is 23.8. The smallest absolute Gasteiger partial charge is 0.410 e. The van der Waals surface area contributed by atoms with Crippen molar-refractivity contribution in [3.05, 3.63) is 39.9 Å². The van der Waals surface area contributed by atoms with E-state index < -0.39 is 40.0 Å². The normalized spacial score (nSPS) is 20.3. The van der Waals surface area contributed by atoms with E-state index in [1.54, 1.807) is 6.92 Å². The molecule has 3 N–H and O–H groups in total. The monoisotopic (exact) mass is 456 g/mol. The Labute approximate surface area is 184 Å². The van der Waals surface area contributed by atoms with Crippen LogP contribution in [0.2, 0.25) is 0 Å². The quantitative estimate of drug-likeness (QED) is 0.262. The first-order chi connectivity index (χ1) is 14.1. The molecule has 1 aliphatic rings. The number of nitrogens with two attached hydrogens (primary N) is 1. The van der Waals surface area contributed by atoms with Crippen LogP contribution >= 0.6 is 25.3 Å². The summed E-state index contributed by atoms with van der Waals surface area (Å²) in [7, 11) is 0. The molecule has 1 saturated heterocycles. The van der Waals surface area contributed by atoms with Gasteiger partial charge in [-0.05, 0) is 24.1 Å². The number of nitro groups is 1. The molecule has 1 heterocycles. The predicted molar refractivity (Wildman–Crippen MR) is 115 cm³/mol. The van der Waals surface area contributed by atoms with E-state index >= 15 is 0 Å². The maximum Gasteiger partial charge on any atom is 0.410 e. The number of hydrogen-bond donors (Lipinski definition) is 4. The first-order valence-corrected chi connectivity index (χ1v) is 10.2. The van der Waals surface area contributed by atoms with E-state index in [4.69, 9.17) is 10.5 Å². The van der Waals surface area contributed by atoms with Crippen LogP contribution in [0.1, 0.15) is 18.9 Å². The fourth-order valence-corrected chi connectivity index (χ4v) is 3.95. The number of benzene rings is 1. The minimum absolute atomic E-state index is 0.0517. The van der Waals surface area contributed by atoms with Crippen molar-refractivity contribution in [2.45, 2.75) is 36.5 Å². The molecule has 1 aliphatic heterocycles. The molecule has 4 atom stereocenters. The zero-order valence-corrected chi connectivity index (χ0v) is 18.1. The van der Waals surface area contributed by atoms with Crippen molar-refractivity contribution in [3.8, 4) is 0 Å². The molecule has 1 fully saturated rings. The van der Waals surface area contributed by atoms with Crippen molar-refractivity contribution in [1.82, 2.24) is 10.2 Å². The third-order valence-corrected chi connectivity index (χ3v) is 5.99. The molecule has 0 aromatic heterocycles. The highest BCUT2D eigenvalue weighted by atomic mass is 32.1. The molecular formula is C18H24N4O6S2. The summed E-state index contributed by atoms with van der Waals surface area (Å²) in [6.07, 6.45) is -0.0594. The topological polar surface area (TPSA) is 145 Å². The van der Waals surface area contributed by atoms with E-state index in [9.17, 15) is 24.5 Å². The maximum absolute atomic E-state index is 12.6. The first-order valence-electron chi connectivity index (χ1n) is 9.19. The summed E-state index contributed by atoms with van der Waals surface area (Å²) in [6, 6.07) is 5.31. The second-order valence-electron chi connectivity index (χ2n) is 7.05. The van der Waals surface area contributed by atoms with Crippen LogP contribution in [0.4, 0.5) is 10.5 Å². The molecule has 1 aromatic rings. The number of thiol groups is 2. The van der Waals surface area contributed by atoms with E-state index in [-0.39, 0.29) is 24.1 Å². The van der Waals surface area contributed by atoms with Gasteiger partial charge in [0.2, 0.25) is 11.8 Å². The van der Waals surface area contributed by atoms with Crippen molar-refractivity contribution < 1.29 is 24.0 Å². The standard InChI is InChI=1S/C18H24N4O6S2/c1-10(17(24)20-7-15(19)23)16(30)14-6-13(29)8-21(14)18(25)28-9-11-2-4-12(5-3-11)22(26)27/h2-5,10,13-14,16,29-30H,6-9H2,1H3,(H2,19,23)(H,20,24)/t10?,13-,14-,16?/m0/s1. The summed E-state index contributed by atoms with van der Waals surface area (Å²) in [5.74, 6) is -1.64. The molecule has 164 valence electrons. The average molecular weight is 457 g/mol. The van der Waals surface area contributed by atoms with E-state index in [0.717, 1.165) is 0 Å². The number of primary amides is 1. The van der Waals surface area contributed by atoms with Crippen LogP contribution < -0.4 is 11.1 Å². The van der Waals surface area contributed by atoms with Crippen LogP contribution in [0.3, 0.4) is 0 Å². The Morgan fingerprint density at radius 3 is 2.57 bits per heavy atom. The Hall–Kier alpha value is -2.47. The number of non-ortho nitro benzene ring substituents is 1. The number of carbonyl (C=O) groups is 3. The lowest BCUT2D eigenvalue weighted by Crippen LogP contribution is -2.47. The SMILES string of the molecule is CC(C(=O)NCC(N)=O)C(S)[C@@H]1C[C@H](S)CN1C(=O)OCc1ccc([N+](=O)[O-])cc1. The Morgan fingerprint density at radius 1 is 1.37 bits per heavy atom. The lowest BCUT2D eigenvalue weighted by atomic mass is 9.98. The van der Waals surface area contributed by atoms with Crippen molar-refractivity contribution in [3.63, 3.8) is 0 Å². The second kappa shape index (κ2) is 10.5. The van der Waals surface area contributed by atoms with Gasteiger partial charge >= 0.3 is 6.09 Å². The van der Waals surface area contributed by atoms with Gasteiger partial charge in [0.1, 0.15) is 6.61 Å². The van der Waals surface area contributed by atoms with Gasteiger partial charge in [0.25, 0.3) is 5.69 Å². The number of amides is 3. The Kier molecular flexibility index (Phi) is 8.35. The highest BCUT2D eigenvalue weighted by Crippen LogP contribution is 2.31. The zero-order valence-electron chi connectivity index (χ0n) is 16.3. The number of nitrogens with zero attached hydrogens (tertiary/aromatic N) is 2. The molecule has 12 heteroatoms. The van der Waals surface area contributed by atoms with Crippen LogP contribution in [-0.2, 0) is 20.9 Å². The highest BCUT2D eigenvalue weighted by Gasteiger charge is 2.41. The van der Waals surface area contributed by atoms with Crippen LogP contribution in [-0.4, -0.2) is 57.4 Å². The molecule has 30 heavy (non-hydrogen) atoms. The summed E-state index contributed by atoms with van der Waals surface area (Å²) < 4.78 is 5.35. The Balaban J connectivity index is 1.98. The second-order valence-corrected chi connectivity index (χ2v) is 8.38. The van der Waals surface area contributed by atoms with E-state index in [1.807, 2.05) is 0 Å². The minimum Gasteiger partial charge on any atom is -0.445 e. The number of carbonyl (C=O) groups excluding carboxylic acids is 3. The molecule has 1 aromatic carbocycles. The molecule has 10 nitrogen and oxygen atoms in total. The number of ether oxygens (including phenoxy) is 1. The molecule has 0 radical (unpaired) electrons. The zero-order chi connectivity index (χ0) is 22.4. The van der Waals surface area contributed by atoms with Gasteiger partial charge in [-0.15, -0.1) is 0 Å². The predicted octanol–water partition coefficient (Wildman–Crippen LogP) is 1.14. The third kappa shape index (κ3) is 6.26. The third-order valence-electron chi connectivity index (χ3n) is 4.82. The Morgan fingerprint density at radius 2 is 2.00 bits per heavy atom. The molecule has 0 saturated carbocycles. The number of nitro benzene ring substituents is 1. The van der Waals surface area contributed by atoms with Gasteiger partial charge in [-0.3, -0.25) is 19.7 Å². The largest absolute Gasteiger partial charge is 0.445 e. The van der Waals surface area contributed by atoms with Crippen LogP contribution in [0.5, 0.6) is 0 Å². The summed E-state index contributed by atoms with van der Waals surface area (Å²) in [5.41, 5.74) is 5.59. The molecular weight excluding hydrogens is 432 g/mol. The lowest BCUT2D eigenvalue weighted by molar-refractivity contribution is -0.384. The molecule has 0 aliphatic carbocycles. The lowest BCUT2D eigenvalue weighted by Gasteiger charge is -2.31. The van der Waals surface area contributed by atoms with Gasteiger partial charge in [-0.25, -0.2) is 4.79 Å². The maximum atomic E-state index is 12.6. The van der Waals surface area contributed by atoms with Gasteiger partial charge in [0, 0.05) is 41.1 Å². The van der Waals surface area contributed by atoms with Gasteiger partial charge in [-0.1, -0.05) is 6.92 Å². The van der Waals surface area contributed by atoms with Gasteiger partial charge in [0.05, 0.1) is 11.5 Å². The molecule has 2 rings (SSSR count). The van der Waals surface area contributed by atoms with Crippen LogP contribution in [0.15, 0.2) is 24.3 Å². The molecule has 0 spiro atoms. The van der Waals surface area contributed by atoms with Gasteiger partial charge in [0.15, 0.2) is 0 Å². The van der Waals surface area contributed by atoms with Crippen molar-refractivity contribution in [2.75, 3.05) is 13.1 Å². The number of nitrogens with one attached hydrogen (secondary N) is 1. The number of likely N-dealkylation sites (tertiary alicyclic amines) is 1. The summed E-state index contributed by atoms with van der Waals surface area (Å²) >= 11 is 8.99. The number of hydrogen-bond acceptors (Lipinski definition) is 8. The van der Waals surface area contributed by atoms with Gasteiger partial charge in [-0.2, -0.15) is 25.3 Å².